The van der Waals surface area contributed by atoms with Gasteiger partial charge in [-0.3, -0.25) is 0 Å². The van der Waals surface area contributed by atoms with Crippen molar-refractivity contribution in [3.05, 3.63) is 41.6 Å². The number of nitrogens with one attached hydrogen (secondary N) is 1. The Morgan fingerprint density at radius 3 is 2.33 bits per heavy atom. The molecule has 0 aliphatic rings. The predicted molar refractivity (Wildman–Crippen MR) is 55.3 cm³/mol. The number of aliphatic hydroxyl groups excluding tert-OH is 1. The van der Waals surface area contributed by atoms with Crippen LogP contribution < -0.4 is 5.32 Å². The molecule has 15 heavy (non-hydrogen) atoms. The van der Waals surface area contributed by atoms with Gasteiger partial charge in [-0.25, -0.2) is 0 Å². The van der Waals surface area contributed by atoms with Crippen LogP contribution in [0.15, 0.2) is 36.0 Å². The summed E-state index contributed by atoms with van der Waals surface area (Å²) < 4.78 is 0. The molecule has 0 saturated carbocycles. The first-order chi connectivity index (χ1) is 7.30. The van der Waals surface area contributed by atoms with Crippen LogP contribution in [0.3, 0.4) is 0 Å². The van der Waals surface area contributed by atoms with Gasteiger partial charge in [-0.1, -0.05) is 12.1 Å². The van der Waals surface area contributed by atoms with Crippen molar-refractivity contribution in [3.8, 4) is 12.1 Å². The molecule has 1 aromatic rings. The molecule has 1 aromatic carbocycles. The molecule has 74 valence electrons. The van der Waals surface area contributed by atoms with E-state index in [1.54, 1.807) is 36.4 Å². The van der Waals surface area contributed by atoms with E-state index < -0.39 is 0 Å². The van der Waals surface area contributed by atoms with Crippen molar-refractivity contribution >= 4 is 5.69 Å². The molecule has 0 heterocycles. The van der Waals surface area contributed by atoms with Crippen LogP contribution in [0.4, 0.5) is 5.69 Å². The van der Waals surface area contributed by atoms with Gasteiger partial charge in [0.05, 0.1) is 6.61 Å². The van der Waals surface area contributed by atoms with E-state index in [4.69, 9.17) is 15.6 Å². The third-order valence-corrected chi connectivity index (χ3v) is 1.76. The summed E-state index contributed by atoms with van der Waals surface area (Å²) >= 11 is 0. The van der Waals surface area contributed by atoms with Gasteiger partial charge in [0.2, 0.25) is 0 Å². The van der Waals surface area contributed by atoms with Crippen LogP contribution in [0.5, 0.6) is 0 Å². The Hall–Kier alpha value is -2.30. The molecule has 4 nitrogen and oxygen atoms in total. The number of hydrogen-bond donors (Lipinski definition) is 2. The Morgan fingerprint density at radius 2 is 1.87 bits per heavy atom. The van der Waals surface area contributed by atoms with Crippen LogP contribution in [0.25, 0.3) is 0 Å². The quantitative estimate of drug-likeness (QED) is 0.723. The van der Waals surface area contributed by atoms with E-state index in [2.05, 4.69) is 5.32 Å². The summed E-state index contributed by atoms with van der Waals surface area (Å²) in [6, 6.07) is 10.5. The Morgan fingerprint density at radius 1 is 1.27 bits per heavy atom. The first-order valence-electron chi connectivity index (χ1n) is 4.27. The molecule has 0 spiro atoms. The monoisotopic (exact) mass is 199 g/mol. The highest BCUT2D eigenvalue weighted by atomic mass is 16.3. The maximum Gasteiger partial charge on any atom is 0.145 e. The second-order valence-electron chi connectivity index (χ2n) is 2.78. The first-order valence-corrected chi connectivity index (χ1v) is 4.27. The number of hydrogen-bond acceptors (Lipinski definition) is 4. The molecule has 0 fully saturated rings. The summed E-state index contributed by atoms with van der Waals surface area (Å²) in [5.41, 5.74) is 1.58. The summed E-state index contributed by atoms with van der Waals surface area (Å²) in [4.78, 5) is 0. The number of anilines is 1. The van der Waals surface area contributed by atoms with E-state index in [1.165, 1.54) is 6.20 Å². The maximum atomic E-state index is 8.80. The van der Waals surface area contributed by atoms with E-state index in [1.807, 2.05) is 0 Å². The van der Waals surface area contributed by atoms with Crippen LogP contribution >= 0.6 is 0 Å². The average Bonchev–Trinajstić information content (AvgIpc) is 2.31. The molecule has 0 saturated heterocycles. The molecular formula is C11H9N3O. The molecule has 0 bridgehead atoms. The lowest BCUT2D eigenvalue weighted by atomic mass is 10.2. The summed E-state index contributed by atoms with van der Waals surface area (Å²) in [5.74, 6) is 0. The Kier molecular flexibility index (Phi) is 3.91. The second-order valence-corrected chi connectivity index (χ2v) is 2.78. The predicted octanol–water partition coefficient (Wildman–Crippen LogP) is 1.52. The number of benzene rings is 1. The molecule has 4 heteroatoms. The molecule has 0 radical (unpaired) electrons. The standard InChI is InChI=1S/C11H9N3O/c12-5-10(6-13)7-14-11-3-1-9(8-15)2-4-11/h1-4,7,14-15H,8H2. The SMILES string of the molecule is N#CC(C#N)=CNc1ccc(CO)cc1. The van der Waals surface area contributed by atoms with Crippen molar-refractivity contribution in [3.63, 3.8) is 0 Å². The lowest BCUT2D eigenvalue weighted by molar-refractivity contribution is 0.282. The van der Waals surface area contributed by atoms with Crippen molar-refractivity contribution in [1.82, 2.24) is 0 Å². The minimum Gasteiger partial charge on any atom is -0.392 e. The minimum atomic E-state index is -0.00222. The molecule has 0 aromatic heterocycles. The summed E-state index contributed by atoms with van der Waals surface area (Å²) in [6.45, 7) is -0.00222. The molecule has 0 aliphatic carbocycles. The zero-order chi connectivity index (χ0) is 11.1. The van der Waals surface area contributed by atoms with Crippen molar-refractivity contribution in [2.24, 2.45) is 0 Å². The fourth-order valence-corrected chi connectivity index (χ4v) is 0.951. The molecule has 2 N–H and O–H groups in total. The summed E-state index contributed by atoms with van der Waals surface area (Å²) in [7, 11) is 0. The Balaban J connectivity index is 2.71. The lowest BCUT2D eigenvalue weighted by Crippen LogP contribution is -1.90. The summed E-state index contributed by atoms with van der Waals surface area (Å²) in [5, 5.41) is 28.6. The summed E-state index contributed by atoms with van der Waals surface area (Å²) in [6.07, 6.45) is 1.34. The zero-order valence-electron chi connectivity index (χ0n) is 7.94. The number of nitriles is 2. The minimum absolute atomic E-state index is 0.00222. The molecule has 0 aliphatic heterocycles. The zero-order valence-corrected chi connectivity index (χ0v) is 7.94. The van der Waals surface area contributed by atoms with Gasteiger partial charge in [0.1, 0.15) is 17.7 Å². The molecular weight excluding hydrogens is 190 g/mol. The average molecular weight is 199 g/mol. The third-order valence-electron chi connectivity index (χ3n) is 1.76. The van der Waals surface area contributed by atoms with Crippen LogP contribution in [-0.4, -0.2) is 5.11 Å². The molecule has 0 amide bonds. The van der Waals surface area contributed by atoms with E-state index in [-0.39, 0.29) is 12.2 Å². The third kappa shape index (κ3) is 3.15. The number of allylic oxidation sites excluding steroid dienone is 1. The van der Waals surface area contributed by atoms with Crippen molar-refractivity contribution in [2.75, 3.05) is 5.32 Å². The van der Waals surface area contributed by atoms with Crippen LogP contribution in [0.1, 0.15) is 5.56 Å². The van der Waals surface area contributed by atoms with E-state index >= 15 is 0 Å². The number of rotatable bonds is 3. The van der Waals surface area contributed by atoms with Gasteiger partial charge in [-0.15, -0.1) is 0 Å². The van der Waals surface area contributed by atoms with Gasteiger partial charge >= 0.3 is 0 Å². The molecule has 0 unspecified atom stereocenters. The Bertz CT molecular complexity index is 418. The van der Waals surface area contributed by atoms with Gasteiger partial charge in [0.15, 0.2) is 0 Å². The lowest BCUT2D eigenvalue weighted by Gasteiger charge is -2.01. The van der Waals surface area contributed by atoms with Gasteiger partial charge in [-0.2, -0.15) is 10.5 Å². The van der Waals surface area contributed by atoms with Crippen molar-refractivity contribution < 1.29 is 5.11 Å². The van der Waals surface area contributed by atoms with E-state index in [0.29, 0.717) is 0 Å². The first kappa shape index (κ1) is 10.8. The van der Waals surface area contributed by atoms with Crippen LogP contribution in [0.2, 0.25) is 0 Å². The molecule has 1 rings (SSSR count). The van der Waals surface area contributed by atoms with Crippen molar-refractivity contribution in [2.45, 2.75) is 6.61 Å². The highest BCUT2D eigenvalue weighted by molar-refractivity contribution is 5.49. The van der Waals surface area contributed by atoms with E-state index in [9.17, 15) is 0 Å². The van der Waals surface area contributed by atoms with Gasteiger partial charge < -0.3 is 10.4 Å². The topological polar surface area (TPSA) is 79.8 Å². The normalized spacial score (nSPS) is 8.47. The highest BCUT2D eigenvalue weighted by Gasteiger charge is 1.93. The van der Waals surface area contributed by atoms with E-state index in [0.717, 1.165) is 11.3 Å². The highest BCUT2D eigenvalue weighted by Crippen LogP contribution is 2.09. The number of nitrogens with zero attached hydrogens (tertiary/aromatic N) is 2. The van der Waals surface area contributed by atoms with Crippen LogP contribution in [-0.2, 0) is 6.61 Å². The Labute approximate surface area is 87.7 Å². The fraction of sp³-hybridized carbons (Fsp3) is 0.0909. The van der Waals surface area contributed by atoms with Gasteiger partial charge in [0, 0.05) is 11.9 Å². The smallest absolute Gasteiger partial charge is 0.145 e. The molecule has 0 atom stereocenters. The maximum absolute atomic E-state index is 8.80. The largest absolute Gasteiger partial charge is 0.392 e. The second kappa shape index (κ2) is 5.43. The van der Waals surface area contributed by atoms with Gasteiger partial charge in [-0.05, 0) is 17.7 Å². The van der Waals surface area contributed by atoms with Gasteiger partial charge in [0.25, 0.3) is 0 Å². The fourth-order valence-electron chi connectivity index (χ4n) is 0.951. The van der Waals surface area contributed by atoms with Crippen molar-refractivity contribution in [1.29, 1.82) is 10.5 Å². The van der Waals surface area contributed by atoms with Crippen LogP contribution in [0, 0.1) is 22.7 Å². The number of aliphatic hydroxyl groups is 1.